The maximum absolute atomic E-state index is 6.94. The van der Waals surface area contributed by atoms with Crippen molar-refractivity contribution in [3.8, 4) is 33.4 Å². The summed E-state index contributed by atoms with van der Waals surface area (Å²) in [5.41, 5.74) is 12.0. The van der Waals surface area contributed by atoms with Crippen LogP contribution in [-0.2, 0) is 0 Å². The number of furan rings is 1. The lowest BCUT2D eigenvalue weighted by Crippen LogP contribution is -2.10. The summed E-state index contributed by atoms with van der Waals surface area (Å²) in [7, 11) is 0. The Kier molecular flexibility index (Phi) is 6.84. The third-order valence-corrected chi connectivity index (χ3v) is 9.28. The summed E-state index contributed by atoms with van der Waals surface area (Å²) in [5.74, 6) is 0. The van der Waals surface area contributed by atoms with Gasteiger partial charge in [-0.15, -0.1) is 0 Å². The fourth-order valence-electron chi connectivity index (χ4n) is 6.92. The number of fused-ring (bicyclic) bond motifs is 5. The van der Waals surface area contributed by atoms with Gasteiger partial charge in [0.05, 0.1) is 11.1 Å². The summed E-state index contributed by atoms with van der Waals surface area (Å²) in [6.07, 6.45) is 0. The third kappa shape index (κ3) is 4.83. The van der Waals surface area contributed by atoms with E-state index in [4.69, 9.17) is 4.42 Å². The van der Waals surface area contributed by atoms with Gasteiger partial charge in [-0.2, -0.15) is 0 Å². The molecule has 0 spiro atoms. The molecule has 48 heavy (non-hydrogen) atoms. The van der Waals surface area contributed by atoms with Crippen LogP contribution in [0, 0.1) is 0 Å². The average Bonchev–Trinajstić information content (AvgIpc) is 3.57. The van der Waals surface area contributed by atoms with E-state index in [0.717, 1.165) is 60.9 Å². The molecule has 226 valence electrons. The highest BCUT2D eigenvalue weighted by Gasteiger charge is 2.23. The topological polar surface area (TPSA) is 16.4 Å². The predicted molar refractivity (Wildman–Crippen MR) is 202 cm³/mol. The molecule has 0 aliphatic heterocycles. The Bertz CT molecular complexity index is 2430. The largest absolute Gasteiger partial charge is 0.455 e. The number of anilines is 3. The third-order valence-electron chi connectivity index (χ3n) is 9.28. The van der Waals surface area contributed by atoms with Crippen LogP contribution in [0.4, 0.5) is 17.1 Å². The minimum absolute atomic E-state index is 0.886. The Labute approximate surface area is 279 Å². The Morgan fingerprint density at radius 2 is 0.833 bits per heavy atom. The van der Waals surface area contributed by atoms with E-state index in [1.165, 1.54) is 22.3 Å². The Morgan fingerprint density at radius 3 is 1.42 bits per heavy atom. The first kappa shape index (κ1) is 27.9. The first-order chi connectivity index (χ1) is 23.8. The number of nitrogens with zero attached hydrogens (tertiary/aromatic N) is 1. The summed E-state index contributed by atoms with van der Waals surface area (Å²) < 4.78 is 6.94. The molecular formula is C46H31NO. The van der Waals surface area contributed by atoms with Crippen LogP contribution < -0.4 is 4.90 Å². The van der Waals surface area contributed by atoms with Crippen LogP contribution in [0.3, 0.4) is 0 Å². The summed E-state index contributed by atoms with van der Waals surface area (Å²) in [6.45, 7) is 0. The molecule has 2 nitrogen and oxygen atoms in total. The quantitative estimate of drug-likeness (QED) is 0.185. The van der Waals surface area contributed by atoms with Gasteiger partial charge in [0.2, 0.25) is 0 Å². The van der Waals surface area contributed by atoms with Gasteiger partial charge in [-0.25, -0.2) is 0 Å². The van der Waals surface area contributed by atoms with Crippen LogP contribution in [0.2, 0.25) is 0 Å². The monoisotopic (exact) mass is 613 g/mol. The van der Waals surface area contributed by atoms with Crippen molar-refractivity contribution in [1.29, 1.82) is 0 Å². The van der Waals surface area contributed by atoms with E-state index in [1.54, 1.807) is 0 Å². The SMILES string of the molecule is c1ccc(-c2ccc(N(c3ccc(-c4ccccc4)cc3)c3ccc(-c4ccccc4)c4oc5c6ccccc6ccc5c34)cc2)cc1. The fraction of sp³-hybridized carbons (Fsp3) is 0. The minimum atomic E-state index is 0.886. The van der Waals surface area contributed by atoms with E-state index in [2.05, 4.69) is 193 Å². The molecule has 0 aliphatic rings. The van der Waals surface area contributed by atoms with Crippen LogP contribution in [0.1, 0.15) is 0 Å². The highest BCUT2D eigenvalue weighted by Crippen LogP contribution is 2.47. The lowest BCUT2D eigenvalue weighted by molar-refractivity contribution is 0.674. The second-order valence-corrected chi connectivity index (χ2v) is 12.1. The van der Waals surface area contributed by atoms with Crippen molar-refractivity contribution in [2.45, 2.75) is 0 Å². The Hall–Kier alpha value is -6.38. The molecule has 0 bridgehead atoms. The first-order valence-corrected chi connectivity index (χ1v) is 16.4. The van der Waals surface area contributed by atoms with Gasteiger partial charge >= 0.3 is 0 Å². The van der Waals surface area contributed by atoms with Crippen molar-refractivity contribution >= 4 is 49.8 Å². The second kappa shape index (κ2) is 11.8. The predicted octanol–water partition coefficient (Wildman–Crippen LogP) is 13.2. The molecule has 0 radical (unpaired) electrons. The molecular weight excluding hydrogens is 583 g/mol. The molecule has 2 heteroatoms. The number of rotatable bonds is 6. The van der Waals surface area contributed by atoms with Gasteiger partial charge in [0.1, 0.15) is 11.2 Å². The lowest BCUT2D eigenvalue weighted by Gasteiger charge is -2.27. The molecule has 0 unspecified atom stereocenters. The zero-order valence-electron chi connectivity index (χ0n) is 26.3. The van der Waals surface area contributed by atoms with Gasteiger partial charge in [0, 0.05) is 27.7 Å². The van der Waals surface area contributed by atoms with Crippen molar-refractivity contribution < 1.29 is 4.42 Å². The van der Waals surface area contributed by atoms with E-state index in [1.807, 2.05) is 0 Å². The minimum Gasteiger partial charge on any atom is -0.455 e. The molecule has 9 aromatic rings. The number of hydrogen-bond acceptors (Lipinski definition) is 2. The normalized spacial score (nSPS) is 11.3. The standard InChI is InChI=1S/C46H31NO/c1-4-12-32(13-5-1)34-20-25-38(26-21-34)47(39-27-22-35(23-28-39)33-14-6-2-7-15-33)43-31-30-41(36-16-8-3-9-17-36)46-44(43)42-29-24-37-18-10-11-19-40(37)45(42)48-46/h1-31H. The molecule has 1 heterocycles. The zero-order chi connectivity index (χ0) is 31.9. The van der Waals surface area contributed by atoms with Crippen LogP contribution in [0.25, 0.3) is 66.1 Å². The Morgan fingerprint density at radius 1 is 0.333 bits per heavy atom. The Balaban J connectivity index is 1.30. The smallest absolute Gasteiger partial charge is 0.145 e. The van der Waals surface area contributed by atoms with Crippen LogP contribution in [-0.4, -0.2) is 0 Å². The number of hydrogen-bond donors (Lipinski definition) is 0. The number of benzene rings is 8. The van der Waals surface area contributed by atoms with E-state index in [-0.39, 0.29) is 0 Å². The second-order valence-electron chi connectivity index (χ2n) is 12.1. The maximum Gasteiger partial charge on any atom is 0.145 e. The molecule has 0 aliphatic carbocycles. The molecule has 0 N–H and O–H groups in total. The molecule has 0 atom stereocenters. The van der Waals surface area contributed by atoms with Crippen molar-refractivity contribution in [3.05, 3.63) is 188 Å². The van der Waals surface area contributed by atoms with E-state index in [9.17, 15) is 0 Å². The summed E-state index contributed by atoms with van der Waals surface area (Å²) in [4.78, 5) is 2.37. The highest BCUT2D eigenvalue weighted by atomic mass is 16.3. The van der Waals surface area contributed by atoms with Crippen LogP contribution in [0.15, 0.2) is 192 Å². The summed E-state index contributed by atoms with van der Waals surface area (Å²) in [6, 6.07) is 66.7. The van der Waals surface area contributed by atoms with E-state index < -0.39 is 0 Å². The van der Waals surface area contributed by atoms with E-state index in [0.29, 0.717) is 0 Å². The zero-order valence-corrected chi connectivity index (χ0v) is 26.3. The van der Waals surface area contributed by atoms with Gasteiger partial charge in [0.15, 0.2) is 0 Å². The molecule has 0 fully saturated rings. The van der Waals surface area contributed by atoms with Gasteiger partial charge < -0.3 is 9.32 Å². The molecule has 0 saturated carbocycles. The maximum atomic E-state index is 6.94. The fourth-order valence-corrected chi connectivity index (χ4v) is 6.92. The van der Waals surface area contributed by atoms with Gasteiger partial charge in [0.25, 0.3) is 0 Å². The molecule has 1 aromatic heterocycles. The van der Waals surface area contributed by atoms with Gasteiger partial charge in [-0.3, -0.25) is 0 Å². The molecule has 9 rings (SSSR count). The van der Waals surface area contributed by atoms with Gasteiger partial charge in [-0.1, -0.05) is 146 Å². The highest BCUT2D eigenvalue weighted by molar-refractivity contribution is 6.22. The molecule has 0 amide bonds. The van der Waals surface area contributed by atoms with E-state index >= 15 is 0 Å². The van der Waals surface area contributed by atoms with Crippen molar-refractivity contribution in [2.24, 2.45) is 0 Å². The van der Waals surface area contributed by atoms with Crippen molar-refractivity contribution in [3.63, 3.8) is 0 Å². The van der Waals surface area contributed by atoms with Crippen molar-refractivity contribution in [2.75, 3.05) is 4.90 Å². The lowest BCUT2D eigenvalue weighted by atomic mass is 9.98. The van der Waals surface area contributed by atoms with Gasteiger partial charge in [-0.05, 0) is 75.7 Å². The van der Waals surface area contributed by atoms with Crippen molar-refractivity contribution in [1.82, 2.24) is 0 Å². The van der Waals surface area contributed by atoms with Crippen LogP contribution >= 0.6 is 0 Å². The summed E-state index contributed by atoms with van der Waals surface area (Å²) in [5, 5.41) is 4.47. The first-order valence-electron chi connectivity index (χ1n) is 16.4. The summed E-state index contributed by atoms with van der Waals surface area (Å²) >= 11 is 0. The average molecular weight is 614 g/mol. The molecule has 8 aromatic carbocycles. The molecule has 0 saturated heterocycles. The van der Waals surface area contributed by atoms with Crippen LogP contribution in [0.5, 0.6) is 0 Å².